The monoisotopic (exact) mass is 225 g/mol. The molecule has 0 bridgehead atoms. The van der Waals surface area contributed by atoms with Gasteiger partial charge in [0, 0.05) is 18.8 Å². The first-order valence-electron chi connectivity index (χ1n) is 5.09. The van der Waals surface area contributed by atoms with E-state index in [9.17, 15) is 4.79 Å². The molecular formula is C10H15N3O3. The molecule has 1 aromatic rings. The molecule has 88 valence electrons. The van der Waals surface area contributed by atoms with E-state index in [1.54, 1.807) is 0 Å². The summed E-state index contributed by atoms with van der Waals surface area (Å²) in [4.78, 5) is 18.4. The number of aliphatic hydroxyl groups excluding tert-OH is 1. The third-order valence-electron chi connectivity index (χ3n) is 2.25. The number of nitrogens with zero attached hydrogens (tertiary/aromatic N) is 2. The largest absolute Gasteiger partial charge is 0.477 e. The quantitative estimate of drug-likeness (QED) is 0.661. The molecule has 16 heavy (non-hydrogen) atoms. The average Bonchev–Trinajstić information content (AvgIpc) is 2.29. The van der Waals surface area contributed by atoms with Gasteiger partial charge in [0.2, 0.25) is 0 Å². The van der Waals surface area contributed by atoms with Crippen molar-refractivity contribution in [1.82, 2.24) is 9.97 Å². The molecule has 0 fully saturated rings. The Bertz CT molecular complexity index is 357. The summed E-state index contributed by atoms with van der Waals surface area (Å²) < 4.78 is 0. The second-order valence-electron chi connectivity index (χ2n) is 3.35. The molecule has 1 aromatic heterocycles. The summed E-state index contributed by atoms with van der Waals surface area (Å²) in [5.41, 5.74) is 0.0406. The third kappa shape index (κ3) is 3.16. The number of rotatable bonds is 6. The fraction of sp³-hybridized carbons (Fsp3) is 0.500. The minimum atomic E-state index is -1.07. The highest BCUT2D eigenvalue weighted by Gasteiger charge is 2.14. The van der Waals surface area contributed by atoms with Gasteiger partial charge in [0.1, 0.15) is 17.7 Å². The standard InChI is InChI=1S/C10H15N3O3/c1-2-7(3-4-14)13-9-8(10(15)16)5-11-6-12-9/h5-7,14H,2-4H2,1H3,(H,15,16)(H,11,12,13). The van der Waals surface area contributed by atoms with E-state index in [0.29, 0.717) is 12.2 Å². The van der Waals surface area contributed by atoms with E-state index in [4.69, 9.17) is 10.2 Å². The van der Waals surface area contributed by atoms with Crippen molar-refractivity contribution in [2.45, 2.75) is 25.8 Å². The summed E-state index contributed by atoms with van der Waals surface area (Å²) in [5, 5.41) is 20.7. The van der Waals surface area contributed by atoms with Crippen molar-refractivity contribution in [2.75, 3.05) is 11.9 Å². The van der Waals surface area contributed by atoms with Crippen LogP contribution in [0.1, 0.15) is 30.1 Å². The van der Waals surface area contributed by atoms with E-state index in [1.807, 2.05) is 6.92 Å². The molecule has 1 rings (SSSR count). The number of nitrogens with one attached hydrogen (secondary N) is 1. The van der Waals surface area contributed by atoms with Gasteiger partial charge in [0.25, 0.3) is 0 Å². The molecule has 0 amide bonds. The van der Waals surface area contributed by atoms with Crippen LogP contribution in [0, 0.1) is 0 Å². The molecule has 1 unspecified atom stereocenters. The Balaban J connectivity index is 2.82. The maximum absolute atomic E-state index is 10.9. The van der Waals surface area contributed by atoms with Gasteiger partial charge in [0.15, 0.2) is 0 Å². The van der Waals surface area contributed by atoms with Gasteiger partial charge in [0.05, 0.1) is 0 Å². The van der Waals surface area contributed by atoms with Crippen LogP contribution in [0.5, 0.6) is 0 Å². The predicted octanol–water partition coefficient (Wildman–Crippen LogP) is 0.748. The van der Waals surface area contributed by atoms with Crippen molar-refractivity contribution in [3.05, 3.63) is 18.1 Å². The molecule has 0 radical (unpaired) electrons. The van der Waals surface area contributed by atoms with Crippen LogP contribution in [0.15, 0.2) is 12.5 Å². The zero-order chi connectivity index (χ0) is 12.0. The van der Waals surface area contributed by atoms with Gasteiger partial charge >= 0.3 is 5.97 Å². The van der Waals surface area contributed by atoms with Gasteiger partial charge < -0.3 is 15.5 Å². The van der Waals surface area contributed by atoms with Crippen molar-refractivity contribution in [3.8, 4) is 0 Å². The molecule has 1 atom stereocenters. The zero-order valence-corrected chi connectivity index (χ0v) is 9.05. The van der Waals surface area contributed by atoms with Crippen LogP contribution >= 0.6 is 0 Å². The second-order valence-corrected chi connectivity index (χ2v) is 3.35. The molecule has 0 aliphatic heterocycles. The van der Waals surface area contributed by atoms with Crippen LogP contribution in [0.4, 0.5) is 5.82 Å². The zero-order valence-electron chi connectivity index (χ0n) is 9.05. The number of carboxylic acids is 1. The number of anilines is 1. The minimum Gasteiger partial charge on any atom is -0.477 e. The molecule has 6 heteroatoms. The van der Waals surface area contributed by atoms with E-state index in [1.165, 1.54) is 12.5 Å². The van der Waals surface area contributed by atoms with E-state index in [-0.39, 0.29) is 18.2 Å². The van der Waals surface area contributed by atoms with Gasteiger partial charge in [-0.15, -0.1) is 0 Å². The smallest absolute Gasteiger partial charge is 0.341 e. The summed E-state index contributed by atoms with van der Waals surface area (Å²) in [6.45, 7) is 2.01. The molecule has 0 aromatic carbocycles. The van der Waals surface area contributed by atoms with Crippen molar-refractivity contribution < 1.29 is 15.0 Å². The van der Waals surface area contributed by atoms with Crippen LogP contribution in [-0.2, 0) is 0 Å². The van der Waals surface area contributed by atoms with Gasteiger partial charge in [-0.1, -0.05) is 6.92 Å². The van der Waals surface area contributed by atoms with Gasteiger partial charge in [-0.25, -0.2) is 14.8 Å². The summed E-state index contributed by atoms with van der Waals surface area (Å²) in [6, 6.07) is 0.0120. The lowest BCUT2D eigenvalue weighted by Crippen LogP contribution is -2.22. The molecule has 0 saturated heterocycles. The van der Waals surface area contributed by atoms with Gasteiger partial charge in [-0.2, -0.15) is 0 Å². The number of carbonyl (C=O) groups is 1. The summed E-state index contributed by atoms with van der Waals surface area (Å²) in [7, 11) is 0. The van der Waals surface area contributed by atoms with Crippen molar-refractivity contribution in [3.63, 3.8) is 0 Å². The number of carboxylic acid groups (broad SMARTS) is 1. The van der Waals surface area contributed by atoms with Gasteiger partial charge in [-0.3, -0.25) is 0 Å². The van der Waals surface area contributed by atoms with Crippen LogP contribution < -0.4 is 5.32 Å². The molecular weight excluding hydrogens is 210 g/mol. The van der Waals surface area contributed by atoms with E-state index < -0.39 is 5.97 Å². The molecule has 0 aliphatic carbocycles. The molecule has 0 saturated carbocycles. The first kappa shape index (κ1) is 12.4. The van der Waals surface area contributed by atoms with Crippen molar-refractivity contribution >= 4 is 11.8 Å². The molecule has 6 nitrogen and oxygen atoms in total. The highest BCUT2D eigenvalue weighted by Crippen LogP contribution is 2.13. The normalized spacial score (nSPS) is 12.1. The number of hydrogen-bond acceptors (Lipinski definition) is 5. The minimum absolute atomic E-state index is 0.0120. The predicted molar refractivity (Wildman–Crippen MR) is 58.4 cm³/mol. The first-order valence-corrected chi connectivity index (χ1v) is 5.09. The second kappa shape index (κ2) is 6.02. The Kier molecular flexibility index (Phi) is 4.65. The number of hydrogen-bond donors (Lipinski definition) is 3. The van der Waals surface area contributed by atoms with Crippen molar-refractivity contribution in [1.29, 1.82) is 0 Å². The van der Waals surface area contributed by atoms with Crippen molar-refractivity contribution in [2.24, 2.45) is 0 Å². The average molecular weight is 225 g/mol. The van der Waals surface area contributed by atoms with E-state index in [2.05, 4.69) is 15.3 Å². The first-order chi connectivity index (χ1) is 7.69. The Hall–Kier alpha value is -1.69. The molecule has 0 aliphatic rings. The summed E-state index contributed by atoms with van der Waals surface area (Å²) in [6.07, 6.45) is 3.88. The fourth-order valence-electron chi connectivity index (χ4n) is 1.33. The van der Waals surface area contributed by atoms with Crippen LogP contribution in [-0.4, -0.2) is 38.8 Å². The molecule has 3 N–H and O–H groups in total. The Morgan fingerprint density at radius 2 is 2.38 bits per heavy atom. The Morgan fingerprint density at radius 1 is 1.62 bits per heavy atom. The maximum atomic E-state index is 10.9. The van der Waals surface area contributed by atoms with Crippen LogP contribution in [0.3, 0.4) is 0 Å². The highest BCUT2D eigenvalue weighted by molar-refractivity contribution is 5.92. The van der Waals surface area contributed by atoms with Gasteiger partial charge in [-0.05, 0) is 12.8 Å². The topological polar surface area (TPSA) is 95.3 Å². The Morgan fingerprint density at radius 3 is 2.94 bits per heavy atom. The molecule has 0 spiro atoms. The molecule has 1 heterocycles. The Labute approximate surface area is 93.4 Å². The number of aromatic carboxylic acids is 1. The summed E-state index contributed by atoms with van der Waals surface area (Å²) >= 11 is 0. The number of aromatic nitrogens is 2. The number of aliphatic hydroxyl groups is 1. The van der Waals surface area contributed by atoms with Crippen LogP contribution in [0.25, 0.3) is 0 Å². The lowest BCUT2D eigenvalue weighted by atomic mass is 10.1. The highest BCUT2D eigenvalue weighted by atomic mass is 16.4. The van der Waals surface area contributed by atoms with Crippen LogP contribution in [0.2, 0.25) is 0 Å². The lowest BCUT2D eigenvalue weighted by Gasteiger charge is -2.17. The van der Waals surface area contributed by atoms with E-state index in [0.717, 1.165) is 6.42 Å². The SMILES string of the molecule is CCC(CCO)Nc1ncncc1C(=O)O. The maximum Gasteiger partial charge on any atom is 0.341 e. The fourth-order valence-corrected chi connectivity index (χ4v) is 1.33. The lowest BCUT2D eigenvalue weighted by molar-refractivity contribution is 0.0697. The summed E-state index contributed by atoms with van der Waals surface area (Å²) in [5.74, 6) is -0.773. The van der Waals surface area contributed by atoms with E-state index >= 15 is 0 Å². The third-order valence-corrected chi connectivity index (χ3v) is 2.25.